The van der Waals surface area contributed by atoms with Crippen molar-refractivity contribution in [3.05, 3.63) is 0 Å². The summed E-state index contributed by atoms with van der Waals surface area (Å²) in [6.07, 6.45) is 2.78. The molecule has 1 N–H and O–H groups in total. The third kappa shape index (κ3) is 2.50. The van der Waals surface area contributed by atoms with E-state index in [1.165, 1.54) is 13.5 Å². The third-order valence-electron chi connectivity index (χ3n) is 2.11. The average molecular weight is 157 g/mol. The van der Waals surface area contributed by atoms with Crippen LogP contribution in [0, 0.1) is 0 Å². The predicted molar refractivity (Wildman–Crippen MR) is 42.3 cm³/mol. The van der Waals surface area contributed by atoms with Crippen LogP contribution in [-0.4, -0.2) is 25.2 Å². The fourth-order valence-corrected chi connectivity index (χ4v) is 1.47. The standard InChI is InChI=1S/C8H15NO2/c1-6-3-4-7(9-6)5-8(10)11-2/h6-7,9H,3-5H2,1-2H3. The molecule has 1 aliphatic heterocycles. The highest BCUT2D eigenvalue weighted by Crippen LogP contribution is 2.14. The Morgan fingerprint density at radius 2 is 2.36 bits per heavy atom. The molecule has 3 nitrogen and oxygen atoms in total. The van der Waals surface area contributed by atoms with Gasteiger partial charge < -0.3 is 10.1 Å². The first kappa shape index (κ1) is 8.53. The van der Waals surface area contributed by atoms with Crippen molar-refractivity contribution < 1.29 is 9.53 Å². The largest absolute Gasteiger partial charge is 0.469 e. The Morgan fingerprint density at radius 1 is 1.64 bits per heavy atom. The minimum absolute atomic E-state index is 0.114. The molecule has 0 amide bonds. The van der Waals surface area contributed by atoms with Crippen molar-refractivity contribution in [3.63, 3.8) is 0 Å². The number of rotatable bonds is 2. The van der Waals surface area contributed by atoms with Crippen LogP contribution in [0.4, 0.5) is 0 Å². The molecule has 1 saturated heterocycles. The van der Waals surface area contributed by atoms with E-state index in [1.807, 2.05) is 0 Å². The van der Waals surface area contributed by atoms with E-state index in [1.54, 1.807) is 0 Å². The van der Waals surface area contributed by atoms with Gasteiger partial charge in [0, 0.05) is 12.1 Å². The maximum Gasteiger partial charge on any atom is 0.307 e. The summed E-state index contributed by atoms with van der Waals surface area (Å²) < 4.78 is 4.57. The summed E-state index contributed by atoms with van der Waals surface area (Å²) >= 11 is 0. The van der Waals surface area contributed by atoms with Gasteiger partial charge in [-0.1, -0.05) is 0 Å². The fraction of sp³-hybridized carbons (Fsp3) is 0.875. The summed E-state index contributed by atoms with van der Waals surface area (Å²) in [6, 6.07) is 0.905. The predicted octanol–water partition coefficient (Wildman–Crippen LogP) is 0.690. The highest BCUT2D eigenvalue weighted by Gasteiger charge is 2.22. The number of nitrogens with one attached hydrogen (secondary N) is 1. The zero-order valence-electron chi connectivity index (χ0n) is 7.09. The number of methoxy groups -OCH3 is 1. The molecule has 0 aromatic carbocycles. The molecule has 0 aromatic heterocycles. The molecule has 1 aliphatic rings. The molecule has 1 fully saturated rings. The Balaban J connectivity index is 2.23. The molecule has 0 aromatic rings. The molecule has 0 radical (unpaired) electrons. The molecule has 0 spiro atoms. The van der Waals surface area contributed by atoms with E-state index in [2.05, 4.69) is 17.0 Å². The Labute approximate surface area is 67.1 Å². The zero-order valence-corrected chi connectivity index (χ0v) is 7.09. The molecule has 1 heterocycles. The topological polar surface area (TPSA) is 38.3 Å². The molecule has 0 saturated carbocycles. The van der Waals surface area contributed by atoms with E-state index >= 15 is 0 Å². The first-order chi connectivity index (χ1) is 5.22. The van der Waals surface area contributed by atoms with Crippen LogP contribution in [0.1, 0.15) is 26.2 Å². The number of hydrogen-bond donors (Lipinski definition) is 1. The van der Waals surface area contributed by atoms with Gasteiger partial charge in [-0.15, -0.1) is 0 Å². The zero-order chi connectivity index (χ0) is 8.27. The Kier molecular flexibility index (Phi) is 2.88. The van der Waals surface area contributed by atoms with Gasteiger partial charge in [0.1, 0.15) is 0 Å². The van der Waals surface area contributed by atoms with Gasteiger partial charge in [-0.3, -0.25) is 4.79 Å². The van der Waals surface area contributed by atoms with Crippen molar-refractivity contribution in [1.82, 2.24) is 5.32 Å². The van der Waals surface area contributed by atoms with Crippen molar-refractivity contribution in [1.29, 1.82) is 0 Å². The summed E-state index contributed by atoms with van der Waals surface area (Å²) in [5, 5.41) is 3.32. The van der Waals surface area contributed by atoms with E-state index in [9.17, 15) is 4.79 Å². The van der Waals surface area contributed by atoms with E-state index in [4.69, 9.17) is 0 Å². The second-order valence-electron chi connectivity index (χ2n) is 3.12. The van der Waals surface area contributed by atoms with Crippen molar-refractivity contribution in [2.45, 2.75) is 38.3 Å². The lowest BCUT2D eigenvalue weighted by molar-refractivity contribution is -0.141. The van der Waals surface area contributed by atoms with Gasteiger partial charge >= 0.3 is 5.97 Å². The van der Waals surface area contributed by atoms with E-state index in [-0.39, 0.29) is 5.97 Å². The number of esters is 1. The van der Waals surface area contributed by atoms with Crippen molar-refractivity contribution >= 4 is 5.97 Å². The lowest BCUT2D eigenvalue weighted by Gasteiger charge is -2.08. The van der Waals surface area contributed by atoms with Crippen molar-refractivity contribution in [2.75, 3.05) is 7.11 Å². The van der Waals surface area contributed by atoms with Crippen LogP contribution < -0.4 is 5.32 Å². The van der Waals surface area contributed by atoms with Crippen LogP contribution in [0.25, 0.3) is 0 Å². The molecule has 64 valence electrons. The first-order valence-corrected chi connectivity index (χ1v) is 4.05. The lowest BCUT2D eigenvalue weighted by atomic mass is 10.1. The summed E-state index contributed by atoms with van der Waals surface area (Å²) in [5.41, 5.74) is 0. The Morgan fingerprint density at radius 3 is 2.82 bits per heavy atom. The van der Waals surface area contributed by atoms with Crippen LogP contribution in [0.5, 0.6) is 0 Å². The molecule has 11 heavy (non-hydrogen) atoms. The van der Waals surface area contributed by atoms with Crippen LogP contribution in [-0.2, 0) is 9.53 Å². The monoisotopic (exact) mass is 157 g/mol. The summed E-state index contributed by atoms with van der Waals surface area (Å²) in [5.74, 6) is -0.114. The van der Waals surface area contributed by atoms with Gasteiger partial charge in [0.05, 0.1) is 13.5 Å². The maximum atomic E-state index is 10.8. The summed E-state index contributed by atoms with van der Waals surface area (Å²) in [6.45, 7) is 2.14. The van der Waals surface area contributed by atoms with E-state index in [0.717, 1.165) is 6.42 Å². The lowest BCUT2D eigenvalue weighted by Crippen LogP contribution is -2.29. The van der Waals surface area contributed by atoms with E-state index < -0.39 is 0 Å². The molecule has 1 rings (SSSR count). The third-order valence-corrected chi connectivity index (χ3v) is 2.11. The molecule has 2 atom stereocenters. The molecule has 0 bridgehead atoms. The number of carbonyl (C=O) groups excluding carboxylic acids is 1. The molecule has 3 heteroatoms. The number of hydrogen-bond acceptors (Lipinski definition) is 3. The second kappa shape index (κ2) is 3.72. The van der Waals surface area contributed by atoms with Gasteiger partial charge in [0.15, 0.2) is 0 Å². The van der Waals surface area contributed by atoms with Crippen LogP contribution in [0.3, 0.4) is 0 Å². The quantitative estimate of drug-likeness (QED) is 0.599. The summed E-state index contributed by atoms with van der Waals surface area (Å²) in [4.78, 5) is 10.8. The second-order valence-corrected chi connectivity index (χ2v) is 3.12. The smallest absolute Gasteiger partial charge is 0.307 e. The van der Waals surface area contributed by atoms with Gasteiger partial charge in [-0.25, -0.2) is 0 Å². The SMILES string of the molecule is COC(=O)CC1CCC(C)N1. The van der Waals surface area contributed by atoms with Gasteiger partial charge in [0.25, 0.3) is 0 Å². The molecule has 0 aliphatic carbocycles. The van der Waals surface area contributed by atoms with Gasteiger partial charge in [0.2, 0.25) is 0 Å². The van der Waals surface area contributed by atoms with Crippen LogP contribution in [0.2, 0.25) is 0 Å². The fourth-order valence-electron chi connectivity index (χ4n) is 1.47. The minimum atomic E-state index is -0.114. The van der Waals surface area contributed by atoms with Crippen molar-refractivity contribution in [3.8, 4) is 0 Å². The Hall–Kier alpha value is -0.570. The van der Waals surface area contributed by atoms with Gasteiger partial charge in [-0.2, -0.15) is 0 Å². The van der Waals surface area contributed by atoms with Gasteiger partial charge in [-0.05, 0) is 19.8 Å². The molecular formula is C8H15NO2. The normalized spacial score (nSPS) is 30.4. The number of carbonyl (C=O) groups is 1. The highest BCUT2D eigenvalue weighted by atomic mass is 16.5. The average Bonchev–Trinajstić information content (AvgIpc) is 2.35. The van der Waals surface area contributed by atoms with Crippen molar-refractivity contribution in [2.24, 2.45) is 0 Å². The molecular weight excluding hydrogens is 142 g/mol. The maximum absolute atomic E-state index is 10.8. The van der Waals surface area contributed by atoms with Crippen LogP contribution in [0.15, 0.2) is 0 Å². The van der Waals surface area contributed by atoms with Crippen LogP contribution >= 0.6 is 0 Å². The van der Waals surface area contributed by atoms with E-state index in [0.29, 0.717) is 18.5 Å². The molecule has 2 unspecified atom stereocenters. The first-order valence-electron chi connectivity index (χ1n) is 4.05. The number of ether oxygens (including phenoxy) is 1. The Bertz CT molecular complexity index is 147. The highest BCUT2D eigenvalue weighted by molar-refractivity contribution is 5.69. The summed E-state index contributed by atoms with van der Waals surface area (Å²) in [7, 11) is 1.43. The minimum Gasteiger partial charge on any atom is -0.469 e.